The summed E-state index contributed by atoms with van der Waals surface area (Å²) in [5.74, 6) is 0.207. The molecule has 0 amide bonds. The summed E-state index contributed by atoms with van der Waals surface area (Å²) in [6, 6.07) is 9.98. The van der Waals surface area contributed by atoms with Crippen molar-refractivity contribution in [1.29, 1.82) is 0 Å². The summed E-state index contributed by atoms with van der Waals surface area (Å²) in [6.45, 7) is 7.72. The largest absolute Gasteiger partial charge is 0.393 e. The van der Waals surface area contributed by atoms with Crippen LogP contribution in [0, 0.1) is 11.1 Å². The summed E-state index contributed by atoms with van der Waals surface area (Å²) in [4.78, 5) is 5.85. The molecule has 2 rings (SSSR count). The summed E-state index contributed by atoms with van der Waals surface area (Å²) < 4.78 is 0. The quantitative estimate of drug-likeness (QED) is 0.579. The second kappa shape index (κ2) is 4.24. The third-order valence-corrected chi connectivity index (χ3v) is 3.60. The first kappa shape index (κ1) is 11.7. The first-order valence-electron chi connectivity index (χ1n) is 5.76. The molecule has 0 saturated heterocycles. The van der Waals surface area contributed by atoms with Crippen molar-refractivity contribution in [3.63, 3.8) is 0 Å². The van der Waals surface area contributed by atoms with E-state index in [0.717, 1.165) is 5.56 Å². The van der Waals surface area contributed by atoms with E-state index >= 15 is 0 Å². The van der Waals surface area contributed by atoms with Crippen molar-refractivity contribution in [2.45, 2.75) is 25.4 Å². The summed E-state index contributed by atoms with van der Waals surface area (Å²) in [5.41, 5.74) is 0.494. The smallest absolute Gasteiger partial charge is 0.217 e. The molecule has 0 unspecified atom stereocenters. The van der Waals surface area contributed by atoms with Gasteiger partial charge in [0.1, 0.15) is 0 Å². The molecule has 0 saturated carbocycles. The maximum Gasteiger partial charge on any atom is 0.217 e. The molecule has 90 valence electrons. The van der Waals surface area contributed by atoms with Gasteiger partial charge < -0.3 is 4.84 Å². The maximum absolute atomic E-state index is 11.6. The van der Waals surface area contributed by atoms with Crippen molar-refractivity contribution in [1.82, 2.24) is 0 Å². The van der Waals surface area contributed by atoms with E-state index in [1.54, 1.807) is 12.3 Å². The van der Waals surface area contributed by atoms with Crippen LogP contribution >= 0.6 is 0 Å². The van der Waals surface area contributed by atoms with Crippen LogP contribution in [0.3, 0.4) is 0 Å². The molecule has 0 spiro atoms. The maximum atomic E-state index is 11.6. The van der Waals surface area contributed by atoms with E-state index in [1.807, 2.05) is 37.3 Å². The lowest BCUT2D eigenvalue weighted by atomic mass is 9.77. The molecule has 3 nitrogen and oxygen atoms in total. The highest BCUT2D eigenvalue weighted by atomic mass is 16.9. The first-order chi connectivity index (χ1) is 8.07. The molecular formula is C14H17NO2. The molecule has 0 bridgehead atoms. The van der Waals surface area contributed by atoms with Gasteiger partial charge in [0.05, 0.1) is 11.5 Å². The van der Waals surface area contributed by atoms with Crippen LogP contribution in [0.25, 0.3) is 0 Å². The second-order valence-electron chi connectivity index (χ2n) is 4.64. The van der Waals surface area contributed by atoms with Crippen LogP contribution in [-0.2, 0) is 4.84 Å². The molecule has 1 aromatic carbocycles. The second-order valence-corrected chi connectivity index (χ2v) is 4.64. The topological polar surface area (TPSA) is 35.3 Å². The van der Waals surface area contributed by atoms with Crippen LogP contribution in [0.1, 0.15) is 25.3 Å². The van der Waals surface area contributed by atoms with Gasteiger partial charge in [-0.05, 0) is 18.4 Å². The molecule has 1 heterocycles. The molecule has 1 aliphatic heterocycles. The highest BCUT2D eigenvalue weighted by Crippen LogP contribution is 2.37. The fourth-order valence-electron chi connectivity index (χ4n) is 2.20. The van der Waals surface area contributed by atoms with Crippen LogP contribution < -0.4 is 0 Å². The van der Waals surface area contributed by atoms with Crippen molar-refractivity contribution in [3.05, 3.63) is 53.8 Å². The number of hydrogen-bond donors (Lipinski definition) is 0. The molecule has 0 aliphatic carbocycles. The van der Waals surface area contributed by atoms with E-state index in [0.29, 0.717) is 4.90 Å². The van der Waals surface area contributed by atoms with Crippen molar-refractivity contribution in [2.24, 2.45) is 5.92 Å². The SMILES string of the molecule is C=C[C@@]1(C)O[N+]([O-])=C[C@@H](c2ccccc2)[C@H]1C. The van der Waals surface area contributed by atoms with E-state index < -0.39 is 5.60 Å². The highest BCUT2D eigenvalue weighted by molar-refractivity contribution is 5.64. The molecule has 0 fully saturated rings. The minimum Gasteiger partial charge on any atom is -0.393 e. The Balaban J connectivity index is 2.41. The predicted octanol–water partition coefficient (Wildman–Crippen LogP) is 2.88. The van der Waals surface area contributed by atoms with Crippen molar-refractivity contribution in [3.8, 4) is 0 Å². The Kier molecular flexibility index (Phi) is 2.92. The average Bonchev–Trinajstić information content (AvgIpc) is 2.35. The normalized spacial score (nSPS) is 32.5. The Morgan fingerprint density at radius 1 is 1.41 bits per heavy atom. The van der Waals surface area contributed by atoms with Gasteiger partial charge in [-0.25, -0.2) is 0 Å². The summed E-state index contributed by atoms with van der Waals surface area (Å²) in [7, 11) is 0. The Bertz CT molecular complexity index is 441. The number of nitrogens with zero attached hydrogens (tertiary/aromatic N) is 1. The van der Waals surface area contributed by atoms with Crippen LogP contribution in [0.15, 0.2) is 43.0 Å². The molecule has 0 N–H and O–H groups in total. The fraction of sp³-hybridized carbons (Fsp3) is 0.357. The van der Waals surface area contributed by atoms with Crippen molar-refractivity contribution < 1.29 is 9.74 Å². The minimum absolute atomic E-state index is 0.0467. The molecule has 17 heavy (non-hydrogen) atoms. The standard InChI is InChI=1S/C14H17NO2/c1-4-14(3)11(2)13(10-15(16)17-14)12-8-6-5-7-9-12/h4-11,13H,1H2,2-3H3/t11-,13-,14-/m1/s1. The number of benzene rings is 1. The molecule has 1 aliphatic rings. The zero-order valence-electron chi connectivity index (χ0n) is 10.2. The fourth-order valence-corrected chi connectivity index (χ4v) is 2.20. The lowest BCUT2D eigenvalue weighted by Crippen LogP contribution is -2.45. The van der Waals surface area contributed by atoms with Gasteiger partial charge in [0.15, 0.2) is 0 Å². The lowest BCUT2D eigenvalue weighted by molar-refractivity contribution is -0.766. The molecular weight excluding hydrogens is 214 g/mol. The first-order valence-corrected chi connectivity index (χ1v) is 5.76. The Morgan fingerprint density at radius 2 is 2.06 bits per heavy atom. The third kappa shape index (κ3) is 2.05. The van der Waals surface area contributed by atoms with Gasteiger partial charge >= 0.3 is 0 Å². The van der Waals surface area contributed by atoms with E-state index in [9.17, 15) is 5.21 Å². The average molecular weight is 231 g/mol. The molecule has 3 heteroatoms. The van der Waals surface area contributed by atoms with Gasteiger partial charge in [0, 0.05) is 4.90 Å². The van der Waals surface area contributed by atoms with Crippen LogP contribution in [0.2, 0.25) is 0 Å². The van der Waals surface area contributed by atoms with Crippen LogP contribution in [0.5, 0.6) is 0 Å². The molecule has 0 radical (unpaired) electrons. The van der Waals surface area contributed by atoms with Gasteiger partial charge in [-0.3, -0.25) is 5.21 Å². The zero-order valence-corrected chi connectivity index (χ0v) is 10.2. The van der Waals surface area contributed by atoms with Gasteiger partial charge in [-0.2, -0.15) is 0 Å². The van der Waals surface area contributed by atoms with E-state index in [1.165, 1.54) is 0 Å². The number of hydrogen-bond acceptors (Lipinski definition) is 2. The Labute approximate surface area is 102 Å². The number of rotatable bonds is 2. The van der Waals surface area contributed by atoms with Gasteiger partial charge in [-0.15, -0.1) is 6.58 Å². The van der Waals surface area contributed by atoms with Gasteiger partial charge in [-0.1, -0.05) is 43.3 Å². The summed E-state index contributed by atoms with van der Waals surface area (Å²) in [5, 5.41) is 11.6. The molecule has 0 aromatic heterocycles. The Morgan fingerprint density at radius 3 is 2.65 bits per heavy atom. The van der Waals surface area contributed by atoms with E-state index in [2.05, 4.69) is 13.5 Å². The van der Waals surface area contributed by atoms with Crippen molar-refractivity contribution in [2.75, 3.05) is 0 Å². The van der Waals surface area contributed by atoms with Crippen molar-refractivity contribution >= 4 is 6.21 Å². The summed E-state index contributed by atoms with van der Waals surface area (Å²) in [6.07, 6.45) is 3.27. The lowest BCUT2D eigenvalue weighted by Gasteiger charge is -2.40. The summed E-state index contributed by atoms with van der Waals surface area (Å²) >= 11 is 0. The van der Waals surface area contributed by atoms with E-state index in [4.69, 9.17) is 4.84 Å². The van der Waals surface area contributed by atoms with E-state index in [-0.39, 0.29) is 11.8 Å². The highest BCUT2D eigenvalue weighted by Gasteiger charge is 2.40. The van der Waals surface area contributed by atoms with Gasteiger partial charge in [0.2, 0.25) is 6.21 Å². The van der Waals surface area contributed by atoms with Crippen LogP contribution in [0.4, 0.5) is 0 Å². The van der Waals surface area contributed by atoms with Gasteiger partial charge in [0.25, 0.3) is 0 Å². The minimum atomic E-state index is -0.628. The molecule has 3 atom stereocenters. The third-order valence-electron chi connectivity index (χ3n) is 3.60. The predicted molar refractivity (Wildman–Crippen MR) is 67.7 cm³/mol. The van der Waals surface area contributed by atoms with Crippen LogP contribution in [-0.4, -0.2) is 16.7 Å². The molecule has 1 aromatic rings. The Hall–Kier alpha value is -1.77. The zero-order chi connectivity index (χ0) is 12.5. The monoisotopic (exact) mass is 231 g/mol.